The van der Waals surface area contributed by atoms with Crippen molar-refractivity contribution in [2.45, 2.75) is 37.2 Å². The van der Waals surface area contributed by atoms with E-state index in [1.165, 1.54) is 6.07 Å². The highest BCUT2D eigenvalue weighted by atomic mass is 32.2. The van der Waals surface area contributed by atoms with Crippen molar-refractivity contribution < 1.29 is 17.5 Å². The third kappa shape index (κ3) is 2.88. The maximum absolute atomic E-state index is 13.6. The molecular weight excluding hydrogens is 271 g/mol. The van der Waals surface area contributed by atoms with Crippen molar-refractivity contribution >= 4 is 10.0 Å². The lowest BCUT2D eigenvalue weighted by Crippen LogP contribution is -2.32. The van der Waals surface area contributed by atoms with Gasteiger partial charge in [-0.3, -0.25) is 0 Å². The van der Waals surface area contributed by atoms with Crippen molar-refractivity contribution in [3.63, 3.8) is 0 Å². The van der Waals surface area contributed by atoms with Gasteiger partial charge in [0, 0.05) is 24.1 Å². The molecule has 0 fully saturated rings. The summed E-state index contributed by atoms with van der Waals surface area (Å²) in [6, 6.07) is 1.49. The van der Waals surface area contributed by atoms with E-state index < -0.39 is 21.9 Å². The number of hydrogen-bond acceptors (Lipinski definition) is 4. The van der Waals surface area contributed by atoms with Gasteiger partial charge in [0.2, 0.25) is 10.0 Å². The Morgan fingerprint density at radius 2 is 2.16 bits per heavy atom. The van der Waals surface area contributed by atoms with Crippen LogP contribution in [0.1, 0.15) is 31.9 Å². The second-order valence-electron chi connectivity index (χ2n) is 4.84. The molecule has 0 radical (unpaired) electrons. The van der Waals surface area contributed by atoms with Crippen LogP contribution < -0.4 is 15.2 Å². The van der Waals surface area contributed by atoms with E-state index in [0.29, 0.717) is 18.6 Å². The van der Waals surface area contributed by atoms with Crippen LogP contribution in [0.5, 0.6) is 5.75 Å². The minimum atomic E-state index is -3.82. The summed E-state index contributed by atoms with van der Waals surface area (Å²) in [5, 5.41) is 0. The Morgan fingerprint density at radius 1 is 1.47 bits per heavy atom. The molecule has 0 aromatic heterocycles. The molecule has 3 N–H and O–H groups in total. The number of fused-ring (bicyclic) bond motifs is 1. The van der Waals surface area contributed by atoms with Gasteiger partial charge in [-0.15, -0.1) is 0 Å². The van der Waals surface area contributed by atoms with Crippen molar-refractivity contribution in [1.82, 2.24) is 4.72 Å². The van der Waals surface area contributed by atoms with Gasteiger partial charge in [0.1, 0.15) is 16.5 Å². The number of ether oxygens (including phenoxy) is 1. The quantitative estimate of drug-likeness (QED) is 0.878. The molecule has 1 aliphatic rings. The predicted molar refractivity (Wildman–Crippen MR) is 68.9 cm³/mol. The van der Waals surface area contributed by atoms with E-state index in [4.69, 9.17) is 10.5 Å². The molecule has 0 saturated heterocycles. The van der Waals surface area contributed by atoms with Gasteiger partial charge < -0.3 is 10.5 Å². The summed E-state index contributed by atoms with van der Waals surface area (Å²) >= 11 is 0. The summed E-state index contributed by atoms with van der Waals surface area (Å²) in [5.74, 6) is -0.475. The van der Waals surface area contributed by atoms with E-state index in [9.17, 15) is 12.8 Å². The molecule has 7 heteroatoms. The van der Waals surface area contributed by atoms with E-state index in [-0.39, 0.29) is 16.7 Å². The molecule has 1 aromatic carbocycles. The van der Waals surface area contributed by atoms with Crippen LogP contribution >= 0.6 is 0 Å². The van der Waals surface area contributed by atoms with Crippen molar-refractivity contribution in [1.29, 1.82) is 0 Å². The van der Waals surface area contributed by atoms with Crippen LogP contribution in [0.2, 0.25) is 0 Å². The molecule has 1 aromatic rings. The average Bonchev–Trinajstić information content (AvgIpc) is 2.27. The van der Waals surface area contributed by atoms with Gasteiger partial charge in [-0.05, 0) is 26.0 Å². The first-order valence-corrected chi connectivity index (χ1v) is 7.53. The second kappa shape index (κ2) is 5.07. The number of nitrogens with one attached hydrogen (secondary N) is 1. The largest absolute Gasteiger partial charge is 0.492 e. The minimum absolute atomic E-state index is 0.160. The first-order valence-electron chi connectivity index (χ1n) is 6.05. The molecular formula is C12H17FN2O3S. The summed E-state index contributed by atoms with van der Waals surface area (Å²) < 4.78 is 45.7. The lowest BCUT2D eigenvalue weighted by Gasteiger charge is -2.25. The van der Waals surface area contributed by atoms with Crippen LogP contribution in [-0.4, -0.2) is 21.1 Å². The molecule has 0 aliphatic carbocycles. The summed E-state index contributed by atoms with van der Waals surface area (Å²) in [6.07, 6.45) is 0.535. The lowest BCUT2D eigenvalue weighted by atomic mass is 10.0. The topological polar surface area (TPSA) is 81.4 Å². The molecule has 19 heavy (non-hydrogen) atoms. The van der Waals surface area contributed by atoms with Gasteiger partial charge in [0.25, 0.3) is 0 Å². The van der Waals surface area contributed by atoms with Crippen molar-refractivity contribution in [3.05, 3.63) is 23.5 Å². The summed E-state index contributed by atoms with van der Waals surface area (Å²) in [7, 11) is -3.82. The van der Waals surface area contributed by atoms with Crippen LogP contribution in [0.4, 0.5) is 4.39 Å². The number of benzene rings is 1. The van der Waals surface area contributed by atoms with Crippen LogP contribution in [0.3, 0.4) is 0 Å². The van der Waals surface area contributed by atoms with E-state index in [2.05, 4.69) is 4.72 Å². The van der Waals surface area contributed by atoms with Gasteiger partial charge in [-0.2, -0.15) is 0 Å². The molecule has 106 valence electrons. The fourth-order valence-electron chi connectivity index (χ4n) is 2.04. The van der Waals surface area contributed by atoms with E-state index >= 15 is 0 Å². The Bertz CT molecular complexity index is 587. The van der Waals surface area contributed by atoms with Crippen LogP contribution in [0.15, 0.2) is 17.0 Å². The van der Waals surface area contributed by atoms with Crippen LogP contribution in [-0.2, 0) is 10.0 Å². The summed E-state index contributed by atoms with van der Waals surface area (Å²) in [5.41, 5.74) is 6.27. The predicted octanol–water partition coefficient (Wildman–Crippen LogP) is 1.29. The first kappa shape index (κ1) is 14.2. The molecule has 1 atom stereocenters. The number of sulfonamides is 1. The van der Waals surface area contributed by atoms with Crippen molar-refractivity contribution in [2.75, 3.05) is 6.61 Å². The normalized spacial score (nSPS) is 19.1. The maximum atomic E-state index is 13.6. The zero-order valence-corrected chi connectivity index (χ0v) is 11.6. The Labute approximate surface area is 112 Å². The van der Waals surface area contributed by atoms with Gasteiger partial charge in [0.15, 0.2) is 0 Å². The molecule has 1 unspecified atom stereocenters. The Kier molecular flexibility index (Phi) is 3.80. The fraction of sp³-hybridized carbons (Fsp3) is 0.500. The smallest absolute Gasteiger partial charge is 0.244 e. The van der Waals surface area contributed by atoms with Crippen LogP contribution in [0.25, 0.3) is 0 Å². The highest BCUT2D eigenvalue weighted by Crippen LogP contribution is 2.37. The molecule has 1 aliphatic heterocycles. The average molecular weight is 288 g/mol. The zero-order valence-electron chi connectivity index (χ0n) is 10.8. The highest BCUT2D eigenvalue weighted by molar-refractivity contribution is 7.89. The van der Waals surface area contributed by atoms with E-state index in [0.717, 1.165) is 6.07 Å². The van der Waals surface area contributed by atoms with E-state index in [1.807, 2.05) is 0 Å². The molecule has 0 bridgehead atoms. The SMILES string of the molecule is CC(C)NS(=O)(=O)c1cc(F)cc2c1OCCC2N. The van der Waals surface area contributed by atoms with Crippen molar-refractivity contribution in [3.8, 4) is 5.75 Å². The fourth-order valence-corrected chi connectivity index (χ4v) is 3.47. The van der Waals surface area contributed by atoms with E-state index in [1.54, 1.807) is 13.8 Å². The highest BCUT2D eigenvalue weighted by Gasteiger charge is 2.29. The third-order valence-electron chi connectivity index (χ3n) is 2.80. The third-order valence-corrected chi connectivity index (χ3v) is 4.47. The molecule has 1 heterocycles. The minimum Gasteiger partial charge on any atom is -0.492 e. The first-order chi connectivity index (χ1) is 8.81. The van der Waals surface area contributed by atoms with Crippen LogP contribution in [0, 0.1) is 5.82 Å². The molecule has 0 saturated carbocycles. The summed E-state index contributed by atoms with van der Waals surface area (Å²) in [4.78, 5) is -0.189. The zero-order chi connectivity index (χ0) is 14.2. The maximum Gasteiger partial charge on any atom is 0.244 e. The number of rotatable bonds is 3. The number of halogens is 1. The van der Waals surface area contributed by atoms with Gasteiger partial charge in [-0.25, -0.2) is 17.5 Å². The van der Waals surface area contributed by atoms with Gasteiger partial charge in [0.05, 0.1) is 6.61 Å². The number of hydrogen-bond donors (Lipinski definition) is 2. The lowest BCUT2D eigenvalue weighted by molar-refractivity contribution is 0.260. The number of nitrogens with two attached hydrogens (primary N) is 1. The molecule has 0 amide bonds. The second-order valence-corrected chi connectivity index (χ2v) is 6.52. The molecule has 5 nitrogen and oxygen atoms in total. The Balaban J connectivity index is 2.58. The monoisotopic (exact) mass is 288 g/mol. The molecule has 2 rings (SSSR count). The Morgan fingerprint density at radius 3 is 2.79 bits per heavy atom. The summed E-state index contributed by atoms with van der Waals surface area (Å²) in [6.45, 7) is 3.70. The van der Waals surface area contributed by atoms with Gasteiger partial charge in [-0.1, -0.05) is 0 Å². The van der Waals surface area contributed by atoms with Crippen molar-refractivity contribution in [2.24, 2.45) is 5.73 Å². The molecule has 0 spiro atoms. The Hall–Kier alpha value is -1.18. The standard InChI is InChI=1S/C12H17FN2O3S/c1-7(2)15-19(16,17)11-6-8(13)5-9-10(14)3-4-18-12(9)11/h5-7,10,15H,3-4,14H2,1-2H3. The van der Waals surface area contributed by atoms with Gasteiger partial charge >= 0.3 is 0 Å².